The van der Waals surface area contributed by atoms with Crippen molar-refractivity contribution >= 4 is 43.9 Å². The number of aryl methyl sites for hydroxylation is 2. The van der Waals surface area contributed by atoms with Crippen LogP contribution in [0.1, 0.15) is 23.1 Å². The van der Waals surface area contributed by atoms with E-state index in [1.165, 1.54) is 23.5 Å². The third-order valence-electron chi connectivity index (χ3n) is 4.56. The summed E-state index contributed by atoms with van der Waals surface area (Å²) in [6, 6.07) is 10.1. The molecule has 0 fully saturated rings. The fraction of sp³-hybridized carbons (Fsp3) is 0.200. The largest absolute Gasteiger partial charge is 0.304 e. The number of aromatic nitrogens is 4. The molecule has 0 saturated heterocycles. The van der Waals surface area contributed by atoms with E-state index < -0.39 is 0 Å². The van der Waals surface area contributed by atoms with Crippen LogP contribution >= 0.6 is 27.3 Å². The summed E-state index contributed by atoms with van der Waals surface area (Å²) < 4.78 is 15.8. The number of hydrogen-bond acceptors (Lipinski definition) is 6. The third kappa shape index (κ3) is 3.39. The van der Waals surface area contributed by atoms with Crippen LogP contribution in [0.4, 0.5) is 15.3 Å². The van der Waals surface area contributed by atoms with Crippen LogP contribution in [0.15, 0.2) is 34.9 Å². The predicted octanol–water partition coefficient (Wildman–Crippen LogP) is 5.26. The molecular weight excluding hydrogens is 455 g/mol. The van der Waals surface area contributed by atoms with Crippen LogP contribution in [0.5, 0.6) is 0 Å². The van der Waals surface area contributed by atoms with Gasteiger partial charge in [0.15, 0.2) is 16.6 Å². The van der Waals surface area contributed by atoms with E-state index in [-0.39, 0.29) is 5.82 Å². The monoisotopic (exact) mass is 470 g/mol. The summed E-state index contributed by atoms with van der Waals surface area (Å²) in [6.45, 7) is 4.03. The molecule has 0 spiro atoms. The first-order valence-corrected chi connectivity index (χ1v) is 10.5. The van der Waals surface area contributed by atoms with Gasteiger partial charge in [-0.25, -0.2) is 14.4 Å². The fourth-order valence-electron chi connectivity index (χ4n) is 3.16. The zero-order chi connectivity index (χ0) is 20.7. The minimum atomic E-state index is -0.329. The van der Waals surface area contributed by atoms with E-state index >= 15 is 0 Å². The molecule has 0 aliphatic rings. The van der Waals surface area contributed by atoms with Crippen molar-refractivity contribution in [2.45, 2.75) is 20.3 Å². The SMILES string of the molecule is CCc1nc2c(C)cc(Br)nn2c1N(C)c1nc(-c2ccc(F)cc2)c(C#N)s1. The van der Waals surface area contributed by atoms with Gasteiger partial charge >= 0.3 is 0 Å². The zero-order valence-electron chi connectivity index (χ0n) is 15.9. The molecule has 3 aromatic heterocycles. The molecule has 4 aromatic rings. The lowest BCUT2D eigenvalue weighted by molar-refractivity contribution is 0.628. The molecule has 0 atom stereocenters. The average Bonchev–Trinajstić information content (AvgIpc) is 3.29. The number of anilines is 2. The normalized spacial score (nSPS) is 11.0. The molecule has 0 aliphatic carbocycles. The summed E-state index contributed by atoms with van der Waals surface area (Å²) in [7, 11) is 1.88. The second kappa shape index (κ2) is 7.54. The second-order valence-corrected chi connectivity index (χ2v) is 8.26. The number of thiazole rings is 1. The topological polar surface area (TPSA) is 70.1 Å². The summed E-state index contributed by atoms with van der Waals surface area (Å²) in [5.41, 5.74) is 3.91. The van der Waals surface area contributed by atoms with Gasteiger partial charge in [-0.1, -0.05) is 18.3 Å². The van der Waals surface area contributed by atoms with E-state index in [9.17, 15) is 9.65 Å². The molecule has 6 nitrogen and oxygen atoms in total. The lowest BCUT2D eigenvalue weighted by Gasteiger charge is -2.16. The first-order chi connectivity index (χ1) is 13.9. The molecule has 0 bridgehead atoms. The quantitative estimate of drug-likeness (QED) is 0.406. The lowest BCUT2D eigenvalue weighted by Crippen LogP contribution is -2.14. The summed E-state index contributed by atoms with van der Waals surface area (Å²) in [4.78, 5) is 11.8. The van der Waals surface area contributed by atoms with Gasteiger partial charge in [0.2, 0.25) is 0 Å². The number of nitrogens with zero attached hydrogens (tertiary/aromatic N) is 6. The predicted molar refractivity (Wildman–Crippen MR) is 115 cm³/mol. The summed E-state index contributed by atoms with van der Waals surface area (Å²) in [6.07, 6.45) is 0.724. The van der Waals surface area contributed by atoms with Gasteiger partial charge in [-0.2, -0.15) is 14.9 Å². The van der Waals surface area contributed by atoms with Crippen LogP contribution in [0.25, 0.3) is 16.9 Å². The van der Waals surface area contributed by atoms with Crippen molar-refractivity contribution in [3.8, 4) is 17.3 Å². The number of imidazole rings is 1. The maximum atomic E-state index is 13.3. The highest BCUT2D eigenvalue weighted by atomic mass is 79.9. The number of benzene rings is 1. The molecule has 4 rings (SSSR count). The summed E-state index contributed by atoms with van der Waals surface area (Å²) in [5, 5.41) is 14.8. The van der Waals surface area contributed by atoms with Crippen molar-refractivity contribution in [3.05, 3.63) is 56.9 Å². The van der Waals surface area contributed by atoms with E-state index in [4.69, 9.17) is 4.98 Å². The van der Waals surface area contributed by atoms with Crippen LogP contribution < -0.4 is 4.90 Å². The van der Waals surface area contributed by atoms with Crippen molar-refractivity contribution in [2.75, 3.05) is 11.9 Å². The number of fused-ring (bicyclic) bond motifs is 1. The Bertz CT molecular complexity index is 1250. The van der Waals surface area contributed by atoms with E-state index in [1.54, 1.807) is 16.6 Å². The number of rotatable bonds is 4. The molecule has 1 aromatic carbocycles. The van der Waals surface area contributed by atoms with Crippen LogP contribution in [-0.4, -0.2) is 26.6 Å². The average molecular weight is 471 g/mol. The standard InChI is InChI=1S/C20H16BrFN6S/c1-4-14-19(28-18(24-14)11(2)9-16(21)26-28)27(3)20-25-17(15(10-23)29-20)12-5-7-13(22)8-6-12/h5-9H,4H2,1-3H3. The smallest absolute Gasteiger partial charge is 0.192 e. The van der Waals surface area contributed by atoms with Crippen molar-refractivity contribution in [2.24, 2.45) is 0 Å². The van der Waals surface area contributed by atoms with Gasteiger partial charge in [0.05, 0.1) is 5.69 Å². The fourth-order valence-corrected chi connectivity index (χ4v) is 4.51. The molecule has 0 saturated carbocycles. The lowest BCUT2D eigenvalue weighted by atomic mass is 10.1. The Morgan fingerprint density at radius 2 is 2.00 bits per heavy atom. The Balaban J connectivity index is 1.87. The Hall–Kier alpha value is -2.83. The molecule has 0 radical (unpaired) electrons. The van der Waals surface area contributed by atoms with Crippen molar-refractivity contribution in [1.29, 1.82) is 5.26 Å². The Morgan fingerprint density at radius 1 is 1.28 bits per heavy atom. The van der Waals surface area contributed by atoms with Crippen molar-refractivity contribution in [3.63, 3.8) is 0 Å². The van der Waals surface area contributed by atoms with Gasteiger partial charge in [0.25, 0.3) is 0 Å². The van der Waals surface area contributed by atoms with Gasteiger partial charge in [0, 0.05) is 12.6 Å². The van der Waals surface area contributed by atoms with Crippen LogP contribution in [0.3, 0.4) is 0 Å². The first-order valence-electron chi connectivity index (χ1n) is 8.88. The van der Waals surface area contributed by atoms with E-state index in [0.717, 1.165) is 29.1 Å². The van der Waals surface area contributed by atoms with Gasteiger partial charge in [-0.15, -0.1) is 0 Å². The number of hydrogen-bond donors (Lipinski definition) is 0. The van der Waals surface area contributed by atoms with Crippen molar-refractivity contribution in [1.82, 2.24) is 19.6 Å². The first kappa shape index (κ1) is 19.5. The summed E-state index contributed by atoms with van der Waals surface area (Å²) >= 11 is 4.73. The minimum Gasteiger partial charge on any atom is -0.304 e. The Kier molecular flexibility index (Phi) is 5.06. The third-order valence-corrected chi connectivity index (χ3v) is 5.98. The van der Waals surface area contributed by atoms with Gasteiger partial charge in [-0.3, -0.25) is 0 Å². The van der Waals surface area contributed by atoms with E-state index in [1.807, 2.05) is 31.9 Å². The molecule has 3 heterocycles. The minimum absolute atomic E-state index is 0.329. The highest BCUT2D eigenvalue weighted by Gasteiger charge is 2.23. The summed E-state index contributed by atoms with van der Waals surface area (Å²) in [5.74, 6) is 0.473. The number of halogens is 2. The van der Waals surface area contributed by atoms with Crippen LogP contribution in [-0.2, 0) is 6.42 Å². The van der Waals surface area contributed by atoms with Gasteiger partial charge in [0.1, 0.15) is 27.1 Å². The zero-order valence-corrected chi connectivity index (χ0v) is 18.3. The molecule has 9 heteroatoms. The maximum absolute atomic E-state index is 13.3. The van der Waals surface area contributed by atoms with Gasteiger partial charge < -0.3 is 4.90 Å². The Labute approximate surface area is 179 Å². The van der Waals surface area contributed by atoms with Crippen LogP contribution in [0, 0.1) is 24.1 Å². The van der Waals surface area contributed by atoms with Gasteiger partial charge in [-0.05, 0) is 65.2 Å². The molecule has 0 N–H and O–H groups in total. The second-order valence-electron chi connectivity index (χ2n) is 6.47. The molecule has 146 valence electrons. The molecule has 0 unspecified atom stereocenters. The van der Waals surface area contributed by atoms with Crippen LogP contribution in [0.2, 0.25) is 0 Å². The van der Waals surface area contributed by atoms with Crippen molar-refractivity contribution < 1.29 is 4.39 Å². The molecule has 0 amide bonds. The van der Waals surface area contributed by atoms with E-state index in [0.29, 0.717) is 25.9 Å². The molecule has 29 heavy (non-hydrogen) atoms. The highest BCUT2D eigenvalue weighted by molar-refractivity contribution is 9.10. The Morgan fingerprint density at radius 3 is 2.66 bits per heavy atom. The number of nitriles is 1. The molecular formula is C20H16BrFN6S. The maximum Gasteiger partial charge on any atom is 0.192 e. The highest BCUT2D eigenvalue weighted by Crippen LogP contribution is 2.37. The molecule has 0 aliphatic heterocycles. The van der Waals surface area contributed by atoms with E-state index in [2.05, 4.69) is 32.1 Å².